The first-order chi connectivity index (χ1) is 10.8. The third-order valence-corrected chi connectivity index (χ3v) is 5.43. The smallest absolute Gasteiger partial charge is 0.0766 e. The van der Waals surface area contributed by atoms with Crippen molar-refractivity contribution in [2.45, 2.75) is 51.1 Å². The van der Waals surface area contributed by atoms with Gasteiger partial charge in [0.1, 0.15) is 0 Å². The van der Waals surface area contributed by atoms with Gasteiger partial charge in [-0.25, -0.2) is 5.32 Å². The summed E-state index contributed by atoms with van der Waals surface area (Å²) >= 11 is 0. The molecule has 3 heteroatoms. The van der Waals surface area contributed by atoms with E-state index in [1.54, 1.807) is 0 Å². The molecule has 1 N–H and O–H groups in total. The van der Waals surface area contributed by atoms with E-state index < -0.39 is 0 Å². The summed E-state index contributed by atoms with van der Waals surface area (Å²) in [6.45, 7) is 5.69. The fourth-order valence-corrected chi connectivity index (χ4v) is 4.18. The minimum Gasteiger partial charge on any atom is -0.361 e. The number of nitrogens with zero attached hydrogens (tertiary/aromatic N) is 2. The molecule has 2 atom stereocenters. The quantitative estimate of drug-likeness (QED) is 0.899. The van der Waals surface area contributed by atoms with E-state index in [1.807, 2.05) is 0 Å². The number of aromatic amines is 1. The number of aryl methyl sites for hydroxylation is 1. The van der Waals surface area contributed by atoms with Crippen LogP contribution in [0.3, 0.4) is 0 Å². The Bertz CT molecular complexity index is 639. The Balaban J connectivity index is 1.57. The van der Waals surface area contributed by atoms with Crippen molar-refractivity contribution in [1.82, 2.24) is 15.2 Å². The van der Waals surface area contributed by atoms with E-state index in [-0.39, 0.29) is 0 Å². The summed E-state index contributed by atoms with van der Waals surface area (Å²) < 4.78 is 0. The number of aromatic nitrogens is 1. The summed E-state index contributed by atoms with van der Waals surface area (Å²) in [7, 11) is 0. The number of hydrogen-bond donors (Lipinski definition) is 1. The predicted molar refractivity (Wildman–Crippen MR) is 91.2 cm³/mol. The number of likely N-dealkylation sites (tertiary alicyclic amines) is 1. The van der Waals surface area contributed by atoms with E-state index in [1.165, 1.54) is 67.2 Å². The van der Waals surface area contributed by atoms with Crippen LogP contribution < -0.4 is 5.32 Å². The van der Waals surface area contributed by atoms with Gasteiger partial charge in [-0.15, -0.1) is 0 Å². The Morgan fingerprint density at radius 1 is 1.18 bits per heavy atom. The van der Waals surface area contributed by atoms with Crippen molar-refractivity contribution in [3.05, 3.63) is 35.5 Å². The molecule has 0 bridgehead atoms. The number of hydrogen-bond acceptors (Lipinski definition) is 1. The van der Waals surface area contributed by atoms with Crippen LogP contribution in [0.2, 0.25) is 0 Å². The molecule has 1 aromatic carbocycles. The van der Waals surface area contributed by atoms with E-state index in [9.17, 15) is 0 Å². The molecule has 117 valence electrons. The number of nitrogens with one attached hydrogen (secondary N) is 1. The van der Waals surface area contributed by atoms with Gasteiger partial charge in [-0.05, 0) is 69.3 Å². The van der Waals surface area contributed by atoms with Crippen LogP contribution in [0.25, 0.3) is 10.9 Å². The van der Waals surface area contributed by atoms with Crippen molar-refractivity contribution in [1.29, 1.82) is 0 Å². The van der Waals surface area contributed by atoms with Crippen molar-refractivity contribution in [2.75, 3.05) is 19.6 Å². The van der Waals surface area contributed by atoms with Crippen LogP contribution in [0, 0.1) is 6.92 Å². The highest BCUT2D eigenvalue weighted by Crippen LogP contribution is 2.35. The van der Waals surface area contributed by atoms with Gasteiger partial charge in [-0.3, -0.25) is 4.90 Å². The molecule has 2 saturated heterocycles. The lowest BCUT2D eigenvalue weighted by molar-refractivity contribution is 0.104. The molecular weight excluding hydrogens is 270 g/mol. The van der Waals surface area contributed by atoms with Gasteiger partial charge in [-0.1, -0.05) is 18.1 Å². The normalized spacial score (nSPS) is 27.3. The molecule has 2 aromatic rings. The zero-order valence-electron chi connectivity index (χ0n) is 13.5. The Labute approximate surface area is 133 Å². The highest BCUT2D eigenvalue weighted by atomic mass is 15.3. The molecule has 3 heterocycles. The van der Waals surface area contributed by atoms with Gasteiger partial charge < -0.3 is 4.98 Å². The molecule has 22 heavy (non-hydrogen) atoms. The fraction of sp³-hybridized carbons (Fsp3) is 0.579. The van der Waals surface area contributed by atoms with Crippen LogP contribution in [0.5, 0.6) is 0 Å². The first-order valence-electron chi connectivity index (χ1n) is 8.79. The molecule has 0 spiro atoms. The second kappa shape index (κ2) is 6.05. The number of rotatable bonds is 2. The van der Waals surface area contributed by atoms with Crippen LogP contribution in [-0.4, -0.2) is 35.7 Å². The zero-order valence-corrected chi connectivity index (χ0v) is 13.5. The van der Waals surface area contributed by atoms with Gasteiger partial charge in [0.25, 0.3) is 0 Å². The van der Waals surface area contributed by atoms with Crippen molar-refractivity contribution in [3.8, 4) is 0 Å². The molecular formula is C19H26N3. The molecule has 1 radical (unpaired) electrons. The summed E-state index contributed by atoms with van der Waals surface area (Å²) in [5.74, 6) is 0.653. The molecule has 0 aliphatic carbocycles. The average molecular weight is 296 g/mol. The molecule has 0 saturated carbocycles. The van der Waals surface area contributed by atoms with E-state index in [2.05, 4.69) is 41.2 Å². The van der Waals surface area contributed by atoms with Gasteiger partial charge in [0.15, 0.2) is 0 Å². The van der Waals surface area contributed by atoms with Crippen LogP contribution in [0.15, 0.2) is 24.4 Å². The number of benzene rings is 1. The van der Waals surface area contributed by atoms with Gasteiger partial charge in [-0.2, -0.15) is 0 Å². The Kier molecular flexibility index (Phi) is 3.93. The topological polar surface area (TPSA) is 33.1 Å². The van der Waals surface area contributed by atoms with Crippen LogP contribution in [-0.2, 0) is 0 Å². The maximum absolute atomic E-state index is 4.93. The standard InChI is InChI=1S/C19H26N3/c1-14-5-6-18-16(11-14)17(13-21-18)15-7-8-20-19(12-15)22-9-3-2-4-10-22/h5-6,11,13,15,19,21H,2-4,7-10,12H2,1H3. The van der Waals surface area contributed by atoms with E-state index >= 15 is 0 Å². The zero-order chi connectivity index (χ0) is 14.9. The third-order valence-electron chi connectivity index (χ3n) is 5.43. The molecule has 3 nitrogen and oxygen atoms in total. The van der Waals surface area contributed by atoms with Crippen molar-refractivity contribution < 1.29 is 0 Å². The molecule has 2 unspecified atom stereocenters. The van der Waals surface area contributed by atoms with Crippen LogP contribution in [0.1, 0.15) is 49.1 Å². The van der Waals surface area contributed by atoms with Crippen molar-refractivity contribution in [2.24, 2.45) is 0 Å². The predicted octanol–water partition coefficient (Wildman–Crippen LogP) is 3.77. The summed E-state index contributed by atoms with van der Waals surface area (Å²) in [6, 6.07) is 6.74. The fourth-order valence-electron chi connectivity index (χ4n) is 4.18. The molecule has 2 aliphatic heterocycles. The van der Waals surface area contributed by atoms with Gasteiger partial charge in [0.05, 0.1) is 6.17 Å². The molecule has 0 amide bonds. The summed E-state index contributed by atoms with van der Waals surface area (Å²) in [4.78, 5) is 6.08. The lowest BCUT2D eigenvalue weighted by atomic mass is 9.87. The van der Waals surface area contributed by atoms with E-state index in [0.29, 0.717) is 12.1 Å². The summed E-state index contributed by atoms with van der Waals surface area (Å²) in [6.07, 6.45) is 9.19. The first-order valence-corrected chi connectivity index (χ1v) is 8.79. The summed E-state index contributed by atoms with van der Waals surface area (Å²) in [5.41, 5.74) is 4.13. The highest BCUT2D eigenvalue weighted by Gasteiger charge is 2.30. The Morgan fingerprint density at radius 2 is 2.05 bits per heavy atom. The molecule has 1 aromatic heterocycles. The average Bonchev–Trinajstić information content (AvgIpc) is 2.99. The van der Waals surface area contributed by atoms with Gasteiger partial charge in [0, 0.05) is 23.6 Å². The van der Waals surface area contributed by atoms with Gasteiger partial charge >= 0.3 is 0 Å². The first kappa shape index (κ1) is 14.3. The minimum atomic E-state index is 0.453. The van der Waals surface area contributed by atoms with Crippen LogP contribution in [0.4, 0.5) is 0 Å². The number of H-pyrrole nitrogens is 1. The number of piperidine rings is 2. The number of fused-ring (bicyclic) bond motifs is 1. The second-order valence-corrected chi connectivity index (χ2v) is 7.00. The van der Waals surface area contributed by atoms with Crippen LogP contribution >= 0.6 is 0 Å². The SMILES string of the molecule is Cc1ccc2[nH]cc(C3CC[N]C(N4CCCCC4)C3)c2c1. The Morgan fingerprint density at radius 3 is 2.91 bits per heavy atom. The largest absolute Gasteiger partial charge is 0.361 e. The minimum absolute atomic E-state index is 0.453. The molecule has 2 fully saturated rings. The van der Waals surface area contributed by atoms with E-state index in [4.69, 9.17) is 5.32 Å². The Hall–Kier alpha value is -1.32. The lowest BCUT2D eigenvalue weighted by Gasteiger charge is -2.39. The second-order valence-electron chi connectivity index (χ2n) is 7.00. The summed E-state index contributed by atoms with van der Waals surface area (Å²) in [5, 5.41) is 6.35. The maximum atomic E-state index is 4.93. The van der Waals surface area contributed by atoms with Gasteiger partial charge in [0.2, 0.25) is 0 Å². The van der Waals surface area contributed by atoms with Crippen molar-refractivity contribution >= 4 is 10.9 Å². The monoisotopic (exact) mass is 296 g/mol. The highest BCUT2D eigenvalue weighted by molar-refractivity contribution is 5.84. The molecule has 4 rings (SSSR count). The molecule has 2 aliphatic rings. The third kappa shape index (κ3) is 2.68. The lowest BCUT2D eigenvalue weighted by Crippen LogP contribution is -2.48. The van der Waals surface area contributed by atoms with Crippen molar-refractivity contribution in [3.63, 3.8) is 0 Å². The maximum Gasteiger partial charge on any atom is 0.0766 e. The van der Waals surface area contributed by atoms with E-state index in [0.717, 1.165) is 6.54 Å².